The molecule has 126 valence electrons. The standard InChI is InChI=1S/C19H23N3O2/c1-22-13-11-18(12-14-22)24-17-9-7-16(8-10-17)21-19(23)20-15-5-3-2-4-6-15/h2-10,18H,11-14H2,1H3,(H2,20,21,23). The van der Waals surface area contributed by atoms with Crippen molar-refractivity contribution in [1.82, 2.24) is 4.90 Å². The number of urea groups is 1. The highest BCUT2D eigenvalue weighted by molar-refractivity contribution is 5.99. The molecular formula is C19H23N3O2. The molecule has 1 aliphatic rings. The Morgan fingerprint density at radius 2 is 1.54 bits per heavy atom. The quantitative estimate of drug-likeness (QED) is 0.899. The average Bonchev–Trinajstić information content (AvgIpc) is 2.59. The van der Waals surface area contributed by atoms with Crippen LogP contribution in [-0.4, -0.2) is 37.2 Å². The molecule has 1 fully saturated rings. The molecule has 3 rings (SSSR count). The number of nitrogens with one attached hydrogen (secondary N) is 2. The lowest BCUT2D eigenvalue weighted by Crippen LogP contribution is -2.35. The number of benzene rings is 2. The van der Waals surface area contributed by atoms with E-state index in [0.717, 1.165) is 43.1 Å². The molecule has 0 spiro atoms. The van der Waals surface area contributed by atoms with Crippen LogP contribution in [0.4, 0.5) is 16.2 Å². The van der Waals surface area contributed by atoms with Crippen molar-refractivity contribution in [3.63, 3.8) is 0 Å². The fourth-order valence-corrected chi connectivity index (χ4v) is 2.73. The van der Waals surface area contributed by atoms with E-state index in [-0.39, 0.29) is 12.1 Å². The molecule has 2 amide bonds. The van der Waals surface area contributed by atoms with Crippen molar-refractivity contribution in [1.29, 1.82) is 0 Å². The number of carbonyl (C=O) groups is 1. The first-order chi connectivity index (χ1) is 11.7. The molecule has 0 saturated carbocycles. The largest absolute Gasteiger partial charge is 0.490 e. The van der Waals surface area contributed by atoms with E-state index in [9.17, 15) is 4.79 Å². The minimum absolute atomic E-state index is 0.259. The minimum Gasteiger partial charge on any atom is -0.490 e. The average molecular weight is 325 g/mol. The van der Waals surface area contributed by atoms with Gasteiger partial charge >= 0.3 is 6.03 Å². The van der Waals surface area contributed by atoms with Gasteiger partial charge in [0.15, 0.2) is 0 Å². The first-order valence-corrected chi connectivity index (χ1v) is 8.27. The predicted molar refractivity (Wildman–Crippen MR) is 96.7 cm³/mol. The molecule has 1 saturated heterocycles. The molecule has 2 aromatic rings. The number of hydrogen-bond acceptors (Lipinski definition) is 3. The van der Waals surface area contributed by atoms with Gasteiger partial charge < -0.3 is 20.3 Å². The van der Waals surface area contributed by atoms with E-state index in [0.29, 0.717) is 0 Å². The fraction of sp³-hybridized carbons (Fsp3) is 0.316. The summed E-state index contributed by atoms with van der Waals surface area (Å²) in [4.78, 5) is 14.3. The number of para-hydroxylation sites is 1. The lowest BCUT2D eigenvalue weighted by atomic mass is 10.1. The third-order valence-electron chi connectivity index (χ3n) is 4.11. The van der Waals surface area contributed by atoms with Crippen molar-refractivity contribution in [2.75, 3.05) is 30.8 Å². The van der Waals surface area contributed by atoms with Crippen LogP contribution in [-0.2, 0) is 0 Å². The molecule has 2 N–H and O–H groups in total. The van der Waals surface area contributed by atoms with Crippen LogP contribution >= 0.6 is 0 Å². The highest BCUT2D eigenvalue weighted by atomic mass is 16.5. The second-order valence-corrected chi connectivity index (χ2v) is 6.09. The molecule has 1 heterocycles. The minimum atomic E-state index is -0.259. The van der Waals surface area contributed by atoms with Crippen molar-refractivity contribution in [2.45, 2.75) is 18.9 Å². The Balaban J connectivity index is 1.50. The van der Waals surface area contributed by atoms with Gasteiger partial charge in [0, 0.05) is 24.5 Å². The summed E-state index contributed by atoms with van der Waals surface area (Å²) in [6.45, 7) is 2.15. The monoisotopic (exact) mass is 325 g/mol. The van der Waals surface area contributed by atoms with E-state index in [1.54, 1.807) is 0 Å². The normalized spacial score (nSPS) is 15.7. The Hall–Kier alpha value is -2.53. The summed E-state index contributed by atoms with van der Waals surface area (Å²) in [7, 11) is 2.14. The number of hydrogen-bond donors (Lipinski definition) is 2. The predicted octanol–water partition coefficient (Wildman–Crippen LogP) is 3.80. The first-order valence-electron chi connectivity index (χ1n) is 8.27. The smallest absolute Gasteiger partial charge is 0.323 e. The summed E-state index contributed by atoms with van der Waals surface area (Å²) in [5, 5.41) is 5.60. The van der Waals surface area contributed by atoms with Gasteiger partial charge in [-0.2, -0.15) is 0 Å². The molecule has 0 atom stereocenters. The number of carbonyl (C=O) groups excluding carboxylic acids is 1. The number of likely N-dealkylation sites (tertiary alicyclic amines) is 1. The van der Waals surface area contributed by atoms with E-state index in [1.165, 1.54) is 0 Å². The number of amides is 2. The van der Waals surface area contributed by atoms with Crippen molar-refractivity contribution in [2.24, 2.45) is 0 Å². The lowest BCUT2D eigenvalue weighted by molar-refractivity contribution is 0.114. The fourth-order valence-electron chi connectivity index (χ4n) is 2.73. The van der Waals surface area contributed by atoms with Gasteiger partial charge in [-0.15, -0.1) is 0 Å². The van der Waals surface area contributed by atoms with Crippen molar-refractivity contribution >= 4 is 17.4 Å². The van der Waals surface area contributed by atoms with Crippen LogP contribution in [0.5, 0.6) is 5.75 Å². The van der Waals surface area contributed by atoms with Gasteiger partial charge in [-0.3, -0.25) is 0 Å². The van der Waals surface area contributed by atoms with E-state index >= 15 is 0 Å². The third-order valence-corrected chi connectivity index (χ3v) is 4.11. The Bertz CT molecular complexity index is 650. The molecule has 24 heavy (non-hydrogen) atoms. The molecule has 0 aromatic heterocycles. The Morgan fingerprint density at radius 1 is 0.958 bits per heavy atom. The second-order valence-electron chi connectivity index (χ2n) is 6.09. The van der Waals surface area contributed by atoms with E-state index in [4.69, 9.17) is 4.74 Å². The van der Waals surface area contributed by atoms with Crippen LogP contribution in [0.3, 0.4) is 0 Å². The maximum absolute atomic E-state index is 12.0. The van der Waals surface area contributed by atoms with Gasteiger partial charge in [-0.25, -0.2) is 4.79 Å². The summed E-state index contributed by atoms with van der Waals surface area (Å²) in [6, 6.07) is 16.6. The van der Waals surface area contributed by atoms with Gasteiger partial charge in [0.25, 0.3) is 0 Å². The zero-order chi connectivity index (χ0) is 16.8. The third kappa shape index (κ3) is 4.73. The van der Waals surface area contributed by atoms with Crippen LogP contribution in [0.15, 0.2) is 54.6 Å². The molecule has 0 unspecified atom stereocenters. The Morgan fingerprint density at radius 3 is 2.17 bits per heavy atom. The molecular weight excluding hydrogens is 302 g/mol. The molecule has 0 bridgehead atoms. The highest BCUT2D eigenvalue weighted by Crippen LogP contribution is 2.21. The number of anilines is 2. The topological polar surface area (TPSA) is 53.6 Å². The summed E-state index contributed by atoms with van der Waals surface area (Å²) in [5.74, 6) is 0.846. The molecule has 5 nitrogen and oxygen atoms in total. The zero-order valence-electron chi connectivity index (χ0n) is 13.9. The van der Waals surface area contributed by atoms with E-state index in [2.05, 4.69) is 22.6 Å². The van der Waals surface area contributed by atoms with Gasteiger partial charge in [-0.1, -0.05) is 18.2 Å². The van der Waals surface area contributed by atoms with Gasteiger partial charge in [0.2, 0.25) is 0 Å². The molecule has 2 aromatic carbocycles. The first kappa shape index (κ1) is 16.3. The van der Waals surface area contributed by atoms with E-state index in [1.807, 2.05) is 54.6 Å². The van der Waals surface area contributed by atoms with Crippen molar-refractivity contribution < 1.29 is 9.53 Å². The van der Waals surface area contributed by atoms with Crippen LogP contribution in [0.2, 0.25) is 0 Å². The van der Waals surface area contributed by atoms with Crippen LogP contribution in [0, 0.1) is 0 Å². The molecule has 0 aliphatic carbocycles. The van der Waals surface area contributed by atoms with Crippen LogP contribution in [0.25, 0.3) is 0 Å². The molecule has 1 aliphatic heterocycles. The number of nitrogens with zero attached hydrogens (tertiary/aromatic N) is 1. The lowest BCUT2D eigenvalue weighted by Gasteiger charge is -2.29. The summed E-state index contributed by atoms with van der Waals surface area (Å²) in [6.07, 6.45) is 2.38. The maximum Gasteiger partial charge on any atom is 0.323 e. The summed E-state index contributed by atoms with van der Waals surface area (Å²) in [5.41, 5.74) is 1.50. The van der Waals surface area contributed by atoms with Gasteiger partial charge in [0.05, 0.1) is 0 Å². The Kier molecular flexibility index (Phi) is 5.33. The Labute approximate surface area is 142 Å². The maximum atomic E-state index is 12.0. The molecule has 5 heteroatoms. The van der Waals surface area contributed by atoms with Gasteiger partial charge in [0.1, 0.15) is 11.9 Å². The van der Waals surface area contributed by atoms with Crippen LogP contribution < -0.4 is 15.4 Å². The number of ether oxygens (including phenoxy) is 1. The summed E-state index contributed by atoms with van der Waals surface area (Å²) < 4.78 is 6.00. The SMILES string of the molecule is CN1CCC(Oc2ccc(NC(=O)Nc3ccccc3)cc2)CC1. The zero-order valence-corrected chi connectivity index (χ0v) is 13.9. The summed E-state index contributed by atoms with van der Waals surface area (Å²) >= 11 is 0. The van der Waals surface area contributed by atoms with Crippen LogP contribution in [0.1, 0.15) is 12.8 Å². The van der Waals surface area contributed by atoms with Crippen molar-refractivity contribution in [3.8, 4) is 5.75 Å². The highest BCUT2D eigenvalue weighted by Gasteiger charge is 2.17. The second kappa shape index (κ2) is 7.84. The molecule has 0 radical (unpaired) electrons. The number of rotatable bonds is 4. The van der Waals surface area contributed by atoms with Gasteiger partial charge in [-0.05, 0) is 56.3 Å². The number of piperidine rings is 1. The van der Waals surface area contributed by atoms with E-state index < -0.39 is 0 Å². The van der Waals surface area contributed by atoms with Crippen molar-refractivity contribution in [3.05, 3.63) is 54.6 Å².